The zero-order chi connectivity index (χ0) is 25.5. The van der Waals surface area contributed by atoms with Crippen molar-refractivity contribution < 1.29 is 23.1 Å². The molecule has 0 unspecified atom stereocenters. The number of nitrogens with one attached hydrogen (secondary N) is 3. The number of amides is 1. The number of sulfonamides is 1. The molecule has 1 aliphatic rings. The minimum Gasteiger partial charge on any atom is -0.480 e. The van der Waals surface area contributed by atoms with E-state index in [1.54, 1.807) is 36.7 Å². The third-order valence-electron chi connectivity index (χ3n) is 5.70. The lowest BCUT2D eigenvalue weighted by Crippen LogP contribution is -2.48. The molecule has 3 aromatic rings. The molecular formula is C24H26N6O5S. The van der Waals surface area contributed by atoms with Gasteiger partial charge in [0.15, 0.2) is 0 Å². The maximum atomic E-state index is 12.6. The molecule has 1 aliphatic heterocycles. The molecule has 2 atom stereocenters. The second-order valence-electron chi connectivity index (χ2n) is 8.23. The van der Waals surface area contributed by atoms with Gasteiger partial charge in [-0.05, 0) is 48.9 Å². The summed E-state index contributed by atoms with van der Waals surface area (Å²) < 4.78 is 27.0. The van der Waals surface area contributed by atoms with E-state index < -0.39 is 34.5 Å². The van der Waals surface area contributed by atoms with Crippen molar-refractivity contribution in [1.29, 1.82) is 0 Å². The smallest absolute Gasteiger partial charge is 0.323 e. The molecule has 2 heterocycles. The Labute approximate surface area is 208 Å². The average Bonchev–Trinajstić information content (AvgIpc) is 3.36. The van der Waals surface area contributed by atoms with Gasteiger partial charge in [-0.3, -0.25) is 9.59 Å². The lowest BCUT2D eigenvalue weighted by atomic mass is 10.2. The van der Waals surface area contributed by atoms with Gasteiger partial charge in [0.25, 0.3) is 5.91 Å². The molecule has 1 fully saturated rings. The number of carbonyl (C=O) groups is 2. The summed E-state index contributed by atoms with van der Waals surface area (Å²) in [5.74, 6) is -1.32. The van der Waals surface area contributed by atoms with E-state index >= 15 is 0 Å². The summed E-state index contributed by atoms with van der Waals surface area (Å²) in [6.45, 7) is 1.17. The standard InChI is InChI=1S/C24H26N6O5S/c31-22(27-15-21(23(32)33)29-36(34,35)20-5-2-1-3-6-20)17-7-9-19(10-8-17)30-14-11-18(16-30)28-24-25-12-4-13-26-24/h1-10,12-13,18,21,29H,11,14-16H2,(H,27,31)(H,32,33)(H,25,26,28)/t18-,21+/m1/s1. The number of carbonyl (C=O) groups excluding carboxylic acids is 1. The molecule has 0 saturated carbocycles. The lowest BCUT2D eigenvalue weighted by molar-refractivity contribution is -0.138. The Bertz CT molecular complexity index is 1290. The first-order valence-electron chi connectivity index (χ1n) is 11.3. The van der Waals surface area contributed by atoms with Gasteiger partial charge < -0.3 is 20.6 Å². The minimum absolute atomic E-state index is 0.0613. The fourth-order valence-electron chi connectivity index (χ4n) is 3.82. The third-order valence-corrected chi connectivity index (χ3v) is 7.19. The van der Waals surface area contributed by atoms with Crippen LogP contribution in [-0.4, -0.2) is 67.1 Å². The summed E-state index contributed by atoms with van der Waals surface area (Å²) in [6.07, 6.45) is 4.28. The van der Waals surface area contributed by atoms with Gasteiger partial charge in [-0.15, -0.1) is 0 Å². The molecule has 4 N–H and O–H groups in total. The van der Waals surface area contributed by atoms with E-state index in [1.165, 1.54) is 24.3 Å². The van der Waals surface area contributed by atoms with Gasteiger partial charge in [-0.2, -0.15) is 4.72 Å². The maximum absolute atomic E-state index is 12.6. The Hall–Kier alpha value is -4.03. The fraction of sp³-hybridized carbons (Fsp3) is 0.250. The molecule has 0 bridgehead atoms. The van der Waals surface area contributed by atoms with E-state index in [2.05, 4.69) is 30.2 Å². The summed E-state index contributed by atoms with van der Waals surface area (Å²) in [4.78, 5) is 34.7. The number of carboxylic acids is 1. The normalized spacial score (nSPS) is 16.3. The van der Waals surface area contributed by atoms with E-state index in [0.29, 0.717) is 11.5 Å². The van der Waals surface area contributed by atoms with Gasteiger partial charge in [-0.1, -0.05) is 18.2 Å². The Morgan fingerprint density at radius 3 is 2.39 bits per heavy atom. The highest BCUT2D eigenvalue weighted by Crippen LogP contribution is 2.22. The van der Waals surface area contributed by atoms with Gasteiger partial charge in [0.05, 0.1) is 4.90 Å². The SMILES string of the molecule is O=C(NC[C@H](NS(=O)(=O)c1ccccc1)C(=O)O)c1ccc(N2CC[C@@H](Nc3ncccn3)C2)cc1. The summed E-state index contributed by atoms with van der Waals surface area (Å²) >= 11 is 0. The van der Waals surface area contributed by atoms with Crippen molar-refractivity contribution in [2.45, 2.75) is 23.4 Å². The van der Waals surface area contributed by atoms with Crippen LogP contribution in [0.15, 0.2) is 78.0 Å². The topological polar surface area (TPSA) is 154 Å². The Morgan fingerprint density at radius 1 is 1.03 bits per heavy atom. The predicted molar refractivity (Wildman–Crippen MR) is 133 cm³/mol. The number of nitrogens with zero attached hydrogens (tertiary/aromatic N) is 3. The molecule has 1 amide bonds. The zero-order valence-electron chi connectivity index (χ0n) is 19.2. The molecule has 36 heavy (non-hydrogen) atoms. The van der Waals surface area contributed by atoms with Crippen molar-refractivity contribution in [1.82, 2.24) is 20.0 Å². The molecule has 2 aromatic carbocycles. The number of hydrogen-bond donors (Lipinski definition) is 4. The second kappa shape index (κ2) is 11.1. The predicted octanol–water partition coefficient (Wildman–Crippen LogP) is 1.33. The average molecular weight is 511 g/mol. The maximum Gasteiger partial charge on any atom is 0.323 e. The van der Waals surface area contributed by atoms with Crippen LogP contribution in [0.5, 0.6) is 0 Å². The van der Waals surface area contributed by atoms with Crippen LogP contribution in [0.4, 0.5) is 11.6 Å². The molecule has 11 nitrogen and oxygen atoms in total. The highest BCUT2D eigenvalue weighted by Gasteiger charge is 2.26. The molecule has 0 radical (unpaired) electrons. The van der Waals surface area contributed by atoms with Crippen LogP contribution in [0.1, 0.15) is 16.8 Å². The zero-order valence-corrected chi connectivity index (χ0v) is 20.1. The summed E-state index contributed by atoms with van der Waals surface area (Å²) in [7, 11) is -4.06. The van der Waals surface area contributed by atoms with Crippen molar-refractivity contribution in [3.8, 4) is 0 Å². The molecule has 0 aliphatic carbocycles. The highest BCUT2D eigenvalue weighted by atomic mass is 32.2. The largest absolute Gasteiger partial charge is 0.480 e. The van der Waals surface area contributed by atoms with Crippen LogP contribution in [0.3, 0.4) is 0 Å². The van der Waals surface area contributed by atoms with Crippen molar-refractivity contribution >= 4 is 33.5 Å². The van der Waals surface area contributed by atoms with Crippen LogP contribution >= 0.6 is 0 Å². The number of rotatable bonds is 10. The molecule has 188 valence electrons. The Balaban J connectivity index is 1.31. The molecule has 1 aromatic heterocycles. The van der Waals surface area contributed by atoms with E-state index in [0.717, 1.165) is 25.2 Å². The van der Waals surface area contributed by atoms with Gasteiger partial charge in [0, 0.05) is 49.3 Å². The van der Waals surface area contributed by atoms with Crippen molar-refractivity contribution in [2.75, 3.05) is 29.9 Å². The molecule has 0 spiro atoms. The number of aliphatic carboxylic acids is 1. The highest BCUT2D eigenvalue weighted by molar-refractivity contribution is 7.89. The van der Waals surface area contributed by atoms with E-state index in [1.807, 2.05) is 12.1 Å². The van der Waals surface area contributed by atoms with Gasteiger partial charge >= 0.3 is 5.97 Å². The summed E-state index contributed by atoms with van der Waals surface area (Å²) in [5.41, 5.74) is 1.28. The quantitative estimate of drug-likeness (QED) is 0.316. The number of anilines is 2. The number of carboxylic acid groups (broad SMARTS) is 1. The van der Waals surface area contributed by atoms with E-state index in [-0.39, 0.29) is 10.9 Å². The number of aromatic nitrogens is 2. The Kier molecular flexibility index (Phi) is 7.76. The molecule has 1 saturated heterocycles. The second-order valence-corrected chi connectivity index (χ2v) is 9.94. The Morgan fingerprint density at radius 2 is 1.72 bits per heavy atom. The lowest BCUT2D eigenvalue weighted by Gasteiger charge is -2.19. The summed E-state index contributed by atoms with van der Waals surface area (Å²) in [5, 5.41) is 15.2. The van der Waals surface area contributed by atoms with Gasteiger partial charge in [0.1, 0.15) is 6.04 Å². The van der Waals surface area contributed by atoms with E-state index in [9.17, 15) is 23.1 Å². The molecule has 12 heteroatoms. The number of benzene rings is 2. The third kappa shape index (κ3) is 6.34. The van der Waals surface area contributed by atoms with Crippen LogP contribution in [0.2, 0.25) is 0 Å². The fourth-order valence-corrected chi connectivity index (χ4v) is 5.03. The van der Waals surface area contributed by atoms with Crippen LogP contribution in [0, 0.1) is 0 Å². The van der Waals surface area contributed by atoms with Gasteiger partial charge in [0.2, 0.25) is 16.0 Å². The monoisotopic (exact) mass is 510 g/mol. The first-order chi connectivity index (χ1) is 17.3. The van der Waals surface area contributed by atoms with Crippen molar-refractivity contribution in [3.63, 3.8) is 0 Å². The van der Waals surface area contributed by atoms with Crippen LogP contribution < -0.4 is 20.3 Å². The van der Waals surface area contributed by atoms with Gasteiger partial charge in [-0.25, -0.2) is 18.4 Å². The van der Waals surface area contributed by atoms with E-state index in [4.69, 9.17) is 0 Å². The first kappa shape index (κ1) is 25.1. The van der Waals surface area contributed by atoms with Crippen molar-refractivity contribution in [3.05, 3.63) is 78.6 Å². The number of hydrogen-bond acceptors (Lipinski definition) is 8. The molecule has 4 rings (SSSR count). The van der Waals surface area contributed by atoms with Crippen molar-refractivity contribution in [2.24, 2.45) is 0 Å². The molecular weight excluding hydrogens is 484 g/mol. The minimum atomic E-state index is -4.06. The summed E-state index contributed by atoms with van der Waals surface area (Å²) in [6, 6.07) is 14.8. The van der Waals surface area contributed by atoms with Crippen LogP contribution in [-0.2, 0) is 14.8 Å². The van der Waals surface area contributed by atoms with Crippen LogP contribution in [0.25, 0.3) is 0 Å². The first-order valence-corrected chi connectivity index (χ1v) is 12.8.